The highest BCUT2D eigenvalue weighted by atomic mass is 16.5. The van der Waals surface area contributed by atoms with Gasteiger partial charge in [0.05, 0.1) is 19.9 Å². The minimum absolute atomic E-state index is 0.145. The first-order chi connectivity index (χ1) is 9.58. The molecular weight excluding hydrogens is 256 g/mol. The molecule has 2 rings (SSSR count). The maximum atomic E-state index is 11.8. The lowest BCUT2D eigenvalue weighted by Crippen LogP contribution is -2.36. The number of esters is 1. The van der Waals surface area contributed by atoms with Crippen LogP contribution in [-0.2, 0) is 16.1 Å². The molecule has 0 N–H and O–H groups in total. The number of ether oxygens (including phenoxy) is 2. The molecule has 0 radical (unpaired) electrons. The van der Waals surface area contributed by atoms with Gasteiger partial charge in [0.2, 0.25) is 0 Å². The molecule has 5 heteroatoms. The van der Waals surface area contributed by atoms with Crippen LogP contribution >= 0.6 is 0 Å². The zero-order chi connectivity index (χ0) is 14.7. The molecule has 1 unspecified atom stereocenters. The van der Waals surface area contributed by atoms with E-state index in [-0.39, 0.29) is 12.0 Å². The van der Waals surface area contributed by atoms with Crippen LogP contribution in [0.25, 0.3) is 0 Å². The van der Waals surface area contributed by atoms with Gasteiger partial charge in [0.1, 0.15) is 11.8 Å². The average molecular weight is 278 g/mol. The van der Waals surface area contributed by atoms with Crippen molar-refractivity contribution in [2.75, 3.05) is 20.8 Å². The zero-order valence-corrected chi connectivity index (χ0v) is 12.6. The van der Waals surface area contributed by atoms with Gasteiger partial charge >= 0.3 is 5.97 Å². The van der Waals surface area contributed by atoms with Crippen molar-refractivity contribution < 1.29 is 14.3 Å². The number of aromatic nitrogens is 1. The van der Waals surface area contributed by atoms with Gasteiger partial charge in [-0.2, -0.15) is 0 Å². The molecule has 1 aromatic heterocycles. The molecule has 1 aromatic rings. The Bertz CT molecular complexity index is 502. The molecular formula is C15H22N2O3. The summed E-state index contributed by atoms with van der Waals surface area (Å²) in [6.45, 7) is 5.55. The second kappa shape index (κ2) is 6.22. The van der Waals surface area contributed by atoms with Crippen molar-refractivity contribution in [3.05, 3.63) is 23.0 Å². The van der Waals surface area contributed by atoms with Crippen molar-refractivity contribution >= 4 is 5.97 Å². The highest BCUT2D eigenvalue weighted by molar-refractivity contribution is 5.76. The Labute approximate surface area is 119 Å². The summed E-state index contributed by atoms with van der Waals surface area (Å²) < 4.78 is 10.3. The average Bonchev–Trinajstić information content (AvgIpc) is 2.90. The highest BCUT2D eigenvalue weighted by Crippen LogP contribution is 2.27. The molecule has 0 aliphatic carbocycles. The Kier molecular flexibility index (Phi) is 4.60. The lowest BCUT2D eigenvalue weighted by molar-refractivity contribution is -0.146. The molecule has 0 aromatic carbocycles. The largest absolute Gasteiger partial charge is 0.496 e. The van der Waals surface area contributed by atoms with E-state index in [2.05, 4.69) is 9.88 Å². The summed E-state index contributed by atoms with van der Waals surface area (Å²) in [6.07, 6.45) is 3.70. The van der Waals surface area contributed by atoms with E-state index in [1.54, 1.807) is 7.11 Å². The number of carbonyl (C=O) groups is 1. The number of aryl methyl sites for hydroxylation is 1. The normalized spacial score (nSPS) is 19.1. The fourth-order valence-corrected chi connectivity index (χ4v) is 2.84. The Morgan fingerprint density at radius 3 is 2.85 bits per heavy atom. The van der Waals surface area contributed by atoms with Crippen molar-refractivity contribution in [1.82, 2.24) is 9.88 Å². The van der Waals surface area contributed by atoms with Crippen LogP contribution in [-0.4, -0.2) is 42.7 Å². The molecule has 1 aliphatic rings. The van der Waals surface area contributed by atoms with E-state index in [1.807, 2.05) is 20.0 Å². The first-order valence-electron chi connectivity index (χ1n) is 6.89. The topological polar surface area (TPSA) is 51.7 Å². The number of rotatable bonds is 4. The van der Waals surface area contributed by atoms with Gasteiger partial charge in [-0.15, -0.1) is 0 Å². The van der Waals surface area contributed by atoms with Gasteiger partial charge in [0, 0.05) is 23.9 Å². The van der Waals surface area contributed by atoms with Gasteiger partial charge in [0.25, 0.3) is 0 Å². The van der Waals surface area contributed by atoms with E-state index in [0.29, 0.717) is 6.54 Å². The van der Waals surface area contributed by atoms with Crippen molar-refractivity contribution in [1.29, 1.82) is 0 Å². The van der Waals surface area contributed by atoms with E-state index in [9.17, 15) is 4.79 Å². The summed E-state index contributed by atoms with van der Waals surface area (Å²) in [7, 11) is 3.11. The quantitative estimate of drug-likeness (QED) is 0.787. The van der Waals surface area contributed by atoms with Crippen LogP contribution in [0.15, 0.2) is 6.20 Å². The Morgan fingerprint density at radius 2 is 2.20 bits per heavy atom. The zero-order valence-electron chi connectivity index (χ0n) is 12.6. The molecule has 5 nitrogen and oxygen atoms in total. The molecule has 1 fully saturated rings. The lowest BCUT2D eigenvalue weighted by Gasteiger charge is -2.23. The van der Waals surface area contributed by atoms with E-state index >= 15 is 0 Å². The predicted octanol–water partition coefficient (Wildman–Crippen LogP) is 1.84. The molecule has 1 atom stereocenters. The first-order valence-corrected chi connectivity index (χ1v) is 6.89. The fraction of sp³-hybridized carbons (Fsp3) is 0.600. The second-order valence-corrected chi connectivity index (χ2v) is 5.20. The van der Waals surface area contributed by atoms with Crippen LogP contribution in [0.4, 0.5) is 0 Å². The van der Waals surface area contributed by atoms with Crippen molar-refractivity contribution in [3.63, 3.8) is 0 Å². The Morgan fingerprint density at radius 1 is 1.45 bits per heavy atom. The van der Waals surface area contributed by atoms with Gasteiger partial charge in [-0.25, -0.2) is 0 Å². The smallest absolute Gasteiger partial charge is 0.323 e. The third-order valence-electron chi connectivity index (χ3n) is 3.94. The van der Waals surface area contributed by atoms with Crippen molar-refractivity contribution in [2.45, 2.75) is 39.3 Å². The summed E-state index contributed by atoms with van der Waals surface area (Å²) in [4.78, 5) is 18.4. The highest BCUT2D eigenvalue weighted by Gasteiger charge is 2.32. The van der Waals surface area contributed by atoms with Gasteiger partial charge < -0.3 is 9.47 Å². The standard InChI is InChI=1S/C15H22N2O3/c1-10-8-16-12(11(2)14(10)19-3)9-17-7-5-6-13(17)15(18)20-4/h8,13H,5-7,9H2,1-4H3. The van der Waals surface area contributed by atoms with Crippen LogP contribution in [0.3, 0.4) is 0 Å². The van der Waals surface area contributed by atoms with Gasteiger partial charge in [-0.3, -0.25) is 14.7 Å². The molecule has 0 bridgehead atoms. The van der Waals surface area contributed by atoms with E-state index in [1.165, 1.54) is 7.11 Å². The molecule has 1 aliphatic heterocycles. The Balaban J connectivity index is 2.20. The van der Waals surface area contributed by atoms with Crippen LogP contribution in [0.5, 0.6) is 5.75 Å². The van der Waals surface area contributed by atoms with Crippen molar-refractivity contribution in [2.24, 2.45) is 0 Å². The maximum Gasteiger partial charge on any atom is 0.323 e. The number of likely N-dealkylation sites (tertiary alicyclic amines) is 1. The lowest BCUT2D eigenvalue weighted by atomic mass is 10.1. The monoisotopic (exact) mass is 278 g/mol. The van der Waals surface area contributed by atoms with Crippen LogP contribution in [0.1, 0.15) is 29.7 Å². The fourth-order valence-electron chi connectivity index (χ4n) is 2.84. The second-order valence-electron chi connectivity index (χ2n) is 5.20. The van der Waals surface area contributed by atoms with E-state index in [0.717, 1.165) is 42.0 Å². The summed E-state index contributed by atoms with van der Waals surface area (Å²) >= 11 is 0. The Hall–Kier alpha value is -1.62. The summed E-state index contributed by atoms with van der Waals surface area (Å²) in [5.41, 5.74) is 3.03. The van der Waals surface area contributed by atoms with Gasteiger partial charge in [-0.05, 0) is 33.2 Å². The third-order valence-corrected chi connectivity index (χ3v) is 3.94. The van der Waals surface area contributed by atoms with Crippen LogP contribution in [0.2, 0.25) is 0 Å². The third kappa shape index (κ3) is 2.77. The molecule has 0 spiro atoms. The van der Waals surface area contributed by atoms with Crippen molar-refractivity contribution in [3.8, 4) is 5.75 Å². The van der Waals surface area contributed by atoms with Crippen LogP contribution < -0.4 is 4.74 Å². The number of methoxy groups -OCH3 is 2. The van der Waals surface area contributed by atoms with Crippen LogP contribution in [0, 0.1) is 13.8 Å². The molecule has 110 valence electrons. The molecule has 0 amide bonds. The first kappa shape index (κ1) is 14.8. The number of hydrogen-bond acceptors (Lipinski definition) is 5. The number of pyridine rings is 1. The minimum atomic E-state index is -0.153. The molecule has 1 saturated heterocycles. The van der Waals surface area contributed by atoms with Gasteiger partial charge in [0.15, 0.2) is 0 Å². The number of nitrogens with zero attached hydrogens (tertiary/aromatic N) is 2. The minimum Gasteiger partial charge on any atom is -0.496 e. The molecule has 20 heavy (non-hydrogen) atoms. The van der Waals surface area contributed by atoms with E-state index in [4.69, 9.17) is 9.47 Å². The SMILES string of the molecule is COC(=O)C1CCCN1Cc1ncc(C)c(OC)c1C. The summed E-state index contributed by atoms with van der Waals surface area (Å²) in [5.74, 6) is 0.725. The molecule has 0 saturated carbocycles. The number of carbonyl (C=O) groups excluding carboxylic acids is 1. The van der Waals surface area contributed by atoms with Gasteiger partial charge in [-0.1, -0.05) is 0 Å². The number of hydrogen-bond donors (Lipinski definition) is 0. The summed E-state index contributed by atoms with van der Waals surface area (Å²) in [6, 6.07) is -0.145. The van der Waals surface area contributed by atoms with E-state index < -0.39 is 0 Å². The summed E-state index contributed by atoms with van der Waals surface area (Å²) in [5, 5.41) is 0. The molecule has 2 heterocycles. The predicted molar refractivity (Wildman–Crippen MR) is 75.7 cm³/mol. The maximum absolute atomic E-state index is 11.8.